The lowest BCUT2D eigenvalue weighted by Gasteiger charge is -2.17. The molecular formula is C18H17N3O5S. The SMILES string of the molecule is CN(C(=O)COC(=O)CNS(=O)(=O)c1ccc(C#N)cc1)c1ccccc1. The van der Waals surface area contributed by atoms with Gasteiger partial charge in [-0.05, 0) is 36.4 Å². The summed E-state index contributed by atoms with van der Waals surface area (Å²) in [5, 5.41) is 8.72. The summed E-state index contributed by atoms with van der Waals surface area (Å²) in [7, 11) is -2.39. The zero-order valence-electron chi connectivity index (χ0n) is 14.5. The minimum atomic E-state index is -3.93. The fourth-order valence-corrected chi connectivity index (χ4v) is 3.00. The van der Waals surface area contributed by atoms with Gasteiger partial charge in [-0.3, -0.25) is 9.59 Å². The van der Waals surface area contributed by atoms with Gasteiger partial charge in [0.25, 0.3) is 5.91 Å². The summed E-state index contributed by atoms with van der Waals surface area (Å²) in [5.41, 5.74) is 0.953. The van der Waals surface area contributed by atoms with Crippen molar-refractivity contribution in [2.24, 2.45) is 0 Å². The van der Waals surface area contributed by atoms with Crippen LogP contribution >= 0.6 is 0 Å². The standard InChI is InChI=1S/C18H17N3O5S/c1-21(15-5-3-2-4-6-15)17(22)13-26-18(23)12-20-27(24,25)16-9-7-14(11-19)8-10-16/h2-10,20H,12-13H2,1H3. The summed E-state index contributed by atoms with van der Waals surface area (Å²) >= 11 is 0. The van der Waals surface area contributed by atoms with Crippen LogP contribution in [0.4, 0.5) is 5.69 Å². The molecule has 0 spiro atoms. The number of sulfonamides is 1. The van der Waals surface area contributed by atoms with E-state index in [9.17, 15) is 18.0 Å². The molecule has 0 radical (unpaired) electrons. The van der Waals surface area contributed by atoms with Crippen molar-refractivity contribution < 1.29 is 22.7 Å². The molecule has 0 aromatic heterocycles. The van der Waals surface area contributed by atoms with E-state index in [1.807, 2.05) is 12.1 Å². The summed E-state index contributed by atoms with van der Waals surface area (Å²) < 4.78 is 31.1. The lowest BCUT2D eigenvalue weighted by Crippen LogP contribution is -2.34. The molecule has 0 fully saturated rings. The Balaban J connectivity index is 1.85. The van der Waals surface area contributed by atoms with Crippen molar-refractivity contribution in [2.45, 2.75) is 4.90 Å². The van der Waals surface area contributed by atoms with E-state index in [-0.39, 0.29) is 4.90 Å². The molecule has 0 heterocycles. The minimum absolute atomic E-state index is 0.0887. The maximum atomic E-state index is 12.1. The first-order valence-corrected chi connectivity index (χ1v) is 9.29. The van der Waals surface area contributed by atoms with E-state index in [1.54, 1.807) is 31.3 Å². The Morgan fingerprint density at radius 3 is 2.33 bits per heavy atom. The van der Waals surface area contributed by atoms with Crippen LogP contribution in [0.1, 0.15) is 5.56 Å². The summed E-state index contributed by atoms with van der Waals surface area (Å²) in [6.45, 7) is -1.13. The molecule has 8 nitrogen and oxygen atoms in total. The number of carbonyl (C=O) groups is 2. The molecule has 0 aliphatic rings. The highest BCUT2D eigenvalue weighted by Gasteiger charge is 2.18. The Hall–Kier alpha value is -3.22. The first-order valence-electron chi connectivity index (χ1n) is 7.80. The van der Waals surface area contributed by atoms with E-state index in [0.29, 0.717) is 11.3 Å². The minimum Gasteiger partial charge on any atom is -0.455 e. The molecule has 2 aromatic rings. The Labute approximate surface area is 157 Å². The number of likely N-dealkylation sites (N-methyl/N-ethyl adjacent to an activating group) is 1. The van der Waals surface area contributed by atoms with Gasteiger partial charge in [0, 0.05) is 12.7 Å². The molecule has 0 saturated carbocycles. The van der Waals surface area contributed by atoms with Crippen LogP contribution in [-0.4, -0.2) is 40.5 Å². The molecule has 0 aliphatic carbocycles. The Morgan fingerprint density at radius 1 is 1.11 bits per heavy atom. The van der Waals surface area contributed by atoms with E-state index in [0.717, 1.165) is 0 Å². The maximum absolute atomic E-state index is 12.1. The van der Waals surface area contributed by atoms with Crippen LogP contribution < -0.4 is 9.62 Å². The molecule has 0 saturated heterocycles. The van der Waals surface area contributed by atoms with E-state index in [1.165, 1.54) is 29.2 Å². The van der Waals surface area contributed by atoms with Gasteiger partial charge in [-0.2, -0.15) is 9.98 Å². The van der Waals surface area contributed by atoms with Gasteiger partial charge < -0.3 is 9.64 Å². The van der Waals surface area contributed by atoms with Gasteiger partial charge in [0.15, 0.2) is 6.61 Å². The monoisotopic (exact) mass is 387 g/mol. The molecule has 2 rings (SSSR count). The maximum Gasteiger partial charge on any atom is 0.321 e. The third kappa shape index (κ3) is 5.64. The fraction of sp³-hybridized carbons (Fsp3) is 0.167. The number of rotatable bonds is 7. The second-order valence-corrected chi connectivity index (χ2v) is 7.18. The van der Waals surface area contributed by atoms with Crippen LogP contribution in [0.2, 0.25) is 0 Å². The third-order valence-corrected chi connectivity index (χ3v) is 4.99. The third-order valence-electron chi connectivity index (χ3n) is 3.57. The first kappa shape index (κ1) is 20.1. The van der Waals surface area contributed by atoms with Gasteiger partial charge in [0.2, 0.25) is 10.0 Å². The molecule has 0 unspecified atom stereocenters. The van der Waals surface area contributed by atoms with Gasteiger partial charge in [-0.15, -0.1) is 0 Å². The van der Waals surface area contributed by atoms with Crippen molar-refractivity contribution in [3.05, 3.63) is 60.2 Å². The Kier molecular flexibility index (Phi) is 6.65. The van der Waals surface area contributed by atoms with Crippen molar-refractivity contribution in [3.63, 3.8) is 0 Å². The molecule has 2 aromatic carbocycles. The topological polar surface area (TPSA) is 117 Å². The quantitative estimate of drug-likeness (QED) is 0.710. The summed E-state index contributed by atoms with van der Waals surface area (Å²) in [6, 6.07) is 15.9. The molecule has 9 heteroatoms. The van der Waals surface area contributed by atoms with Gasteiger partial charge in [-0.1, -0.05) is 18.2 Å². The molecule has 1 amide bonds. The Bertz CT molecular complexity index is 951. The molecule has 0 atom stereocenters. The number of nitriles is 1. The molecule has 27 heavy (non-hydrogen) atoms. The van der Waals surface area contributed by atoms with Gasteiger partial charge in [0.1, 0.15) is 6.54 Å². The van der Waals surface area contributed by atoms with Crippen LogP contribution in [0.25, 0.3) is 0 Å². The van der Waals surface area contributed by atoms with E-state index < -0.39 is 35.1 Å². The summed E-state index contributed by atoms with van der Waals surface area (Å²) in [6.07, 6.45) is 0. The van der Waals surface area contributed by atoms with Gasteiger partial charge >= 0.3 is 5.97 Å². The number of carbonyl (C=O) groups excluding carboxylic acids is 2. The second-order valence-electron chi connectivity index (χ2n) is 5.41. The smallest absolute Gasteiger partial charge is 0.321 e. The first-order chi connectivity index (χ1) is 12.8. The summed E-state index contributed by atoms with van der Waals surface area (Å²) in [5.74, 6) is -1.34. The average molecular weight is 387 g/mol. The van der Waals surface area contributed by atoms with Crippen LogP contribution in [0.15, 0.2) is 59.5 Å². The van der Waals surface area contributed by atoms with Crippen molar-refractivity contribution in [3.8, 4) is 6.07 Å². The summed E-state index contributed by atoms with van der Waals surface area (Å²) in [4.78, 5) is 25.0. The number of nitrogens with one attached hydrogen (secondary N) is 1. The number of amides is 1. The predicted octanol–water partition coefficient (Wildman–Crippen LogP) is 1.04. The number of anilines is 1. The van der Waals surface area contributed by atoms with Crippen LogP contribution in [0.5, 0.6) is 0 Å². The van der Waals surface area contributed by atoms with E-state index >= 15 is 0 Å². The molecule has 0 aliphatic heterocycles. The lowest BCUT2D eigenvalue weighted by atomic mass is 10.2. The highest BCUT2D eigenvalue weighted by Crippen LogP contribution is 2.11. The van der Waals surface area contributed by atoms with E-state index in [2.05, 4.69) is 4.72 Å². The number of hydrogen-bond donors (Lipinski definition) is 1. The van der Waals surface area contributed by atoms with E-state index in [4.69, 9.17) is 10.00 Å². The van der Waals surface area contributed by atoms with Gasteiger partial charge in [0.05, 0.1) is 16.5 Å². The highest BCUT2D eigenvalue weighted by atomic mass is 32.2. The largest absolute Gasteiger partial charge is 0.455 e. The average Bonchev–Trinajstić information content (AvgIpc) is 2.70. The number of benzene rings is 2. The molecule has 1 N–H and O–H groups in total. The van der Waals surface area contributed by atoms with Gasteiger partial charge in [-0.25, -0.2) is 8.42 Å². The Morgan fingerprint density at radius 2 is 1.74 bits per heavy atom. The normalized spacial score (nSPS) is 10.7. The fourth-order valence-electron chi connectivity index (χ4n) is 2.03. The zero-order valence-corrected chi connectivity index (χ0v) is 15.3. The van der Waals surface area contributed by atoms with Crippen LogP contribution in [0, 0.1) is 11.3 Å². The van der Waals surface area contributed by atoms with Crippen molar-refractivity contribution >= 4 is 27.6 Å². The van der Waals surface area contributed by atoms with Crippen molar-refractivity contribution in [2.75, 3.05) is 25.1 Å². The molecule has 0 bridgehead atoms. The molecule has 140 valence electrons. The number of nitrogens with zero attached hydrogens (tertiary/aromatic N) is 2. The number of para-hydroxylation sites is 1. The zero-order chi connectivity index (χ0) is 19.9. The van der Waals surface area contributed by atoms with Crippen molar-refractivity contribution in [1.29, 1.82) is 5.26 Å². The lowest BCUT2D eigenvalue weighted by molar-refractivity contribution is -0.146. The van der Waals surface area contributed by atoms with Crippen molar-refractivity contribution in [1.82, 2.24) is 4.72 Å². The number of hydrogen-bond acceptors (Lipinski definition) is 6. The number of ether oxygens (including phenoxy) is 1. The molecular weight excluding hydrogens is 370 g/mol. The highest BCUT2D eigenvalue weighted by molar-refractivity contribution is 7.89. The van der Waals surface area contributed by atoms with Crippen LogP contribution in [0.3, 0.4) is 0 Å². The predicted molar refractivity (Wildman–Crippen MR) is 97.2 cm³/mol. The second kappa shape index (κ2) is 8.93. The number of esters is 1. The van der Waals surface area contributed by atoms with Crippen LogP contribution in [-0.2, 0) is 24.3 Å².